The largest absolute Gasteiger partial charge is 0.493 e. The first-order valence-corrected chi connectivity index (χ1v) is 10.6. The van der Waals surface area contributed by atoms with Crippen LogP contribution in [0.4, 0.5) is 0 Å². The summed E-state index contributed by atoms with van der Waals surface area (Å²) in [5, 5.41) is 3.48. The Bertz CT molecular complexity index is 886. The van der Waals surface area contributed by atoms with Gasteiger partial charge in [-0.15, -0.1) is 0 Å². The van der Waals surface area contributed by atoms with E-state index >= 15 is 0 Å². The third kappa shape index (κ3) is 5.51. The smallest absolute Gasteiger partial charge is 0.224 e. The molecular weight excluding hydrogens is 406 g/mol. The van der Waals surface area contributed by atoms with Crippen LogP contribution in [-0.4, -0.2) is 32.8 Å². The summed E-state index contributed by atoms with van der Waals surface area (Å²) in [5.74, 6) is 2.37. The van der Waals surface area contributed by atoms with E-state index in [0.717, 1.165) is 24.0 Å². The van der Waals surface area contributed by atoms with Crippen molar-refractivity contribution in [1.29, 1.82) is 0 Å². The lowest BCUT2D eigenvalue weighted by atomic mass is 10.1. The number of hydrogen-bond acceptors (Lipinski definition) is 5. The molecule has 6 nitrogen and oxygen atoms in total. The number of rotatable bonds is 8. The van der Waals surface area contributed by atoms with E-state index in [0.29, 0.717) is 47.8 Å². The molecule has 0 fully saturated rings. The highest BCUT2D eigenvalue weighted by atomic mass is 35.5. The van der Waals surface area contributed by atoms with Gasteiger partial charge < -0.3 is 24.3 Å². The average Bonchev–Trinajstić information content (AvgIpc) is 2.97. The van der Waals surface area contributed by atoms with Crippen LogP contribution in [0.1, 0.15) is 43.9 Å². The first kappa shape index (κ1) is 22.1. The van der Waals surface area contributed by atoms with Crippen LogP contribution >= 0.6 is 11.6 Å². The molecule has 1 N–H and O–H groups in total. The van der Waals surface area contributed by atoms with E-state index in [-0.39, 0.29) is 18.4 Å². The third-order valence-electron chi connectivity index (χ3n) is 4.75. The van der Waals surface area contributed by atoms with Gasteiger partial charge in [-0.2, -0.15) is 0 Å². The van der Waals surface area contributed by atoms with Gasteiger partial charge in [0.05, 0.1) is 44.4 Å². The molecule has 0 saturated carbocycles. The van der Waals surface area contributed by atoms with Gasteiger partial charge in [0.15, 0.2) is 23.0 Å². The summed E-state index contributed by atoms with van der Waals surface area (Å²) in [4.78, 5) is 12.6. The van der Waals surface area contributed by atoms with E-state index in [9.17, 15) is 4.79 Å². The van der Waals surface area contributed by atoms with Crippen molar-refractivity contribution in [2.24, 2.45) is 0 Å². The Labute approximate surface area is 182 Å². The van der Waals surface area contributed by atoms with Crippen LogP contribution in [0.25, 0.3) is 0 Å². The molecule has 1 aliphatic rings. The first-order chi connectivity index (χ1) is 14.5. The van der Waals surface area contributed by atoms with Gasteiger partial charge in [0.25, 0.3) is 0 Å². The molecule has 1 unspecified atom stereocenters. The zero-order valence-corrected chi connectivity index (χ0v) is 18.4. The van der Waals surface area contributed by atoms with E-state index in [2.05, 4.69) is 12.2 Å². The van der Waals surface area contributed by atoms with Crippen LogP contribution in [0, 0.1) is 0 Å². The monoisotopic (exact) mass is 433 g/mol. The van der Waals surface area contributed by atoms with Crippen molar-refractivity contribution in [2.45, 2.75) is 39.2 Å². The molecule has 0 aliphatic carbocycles. The topological polar surface area (TPSA) is 66.0 Å². The number of halogens is 1. The highest BCUT2D eigenvalue weighted by molar-refractivity contribution is 6.32. The molecule has 0 aromatic heterocycles. The normalized spacial score (nSPS) is 13.9. The van der Waals surface area contributed by atoms with Gasteiger partial charge in [0.2, 0.25) is 5.91 Å². The maximum absolute atomic E-state index is 12.6. The molecule has 2 aromatic carbocycles. The van der Waals surface area contributed by atoms with Crippen molar-refractivity contribution in [3.63, 3.8) is 0 Å². The Morgan fingerprint density at radius 2 is 2.00 bits per heavy atom. The fraction of sp³-hybridized carbons (Fsp3) is 0.435. The number of amides is 1. The van der Waals surface area contributed by atoms with Crippen molar-refractivity contribution in [2.75, 3.05) is 26.9 Å². The summed E-state index contributed by atoms with van der Waals surface area (Å²) >= 11 is 6.33. The van der Waals surface area contributed by atoms with Gasteiger partial charge in [-0.3, -0.25) is 4.79 Å². The zero-order valence-electron chi connectivity index (χ0n) is 17.6. The van der Waals surface area contributed by atoms with E-state index < -0.39 is 0 Å². The molecule has 2 aromatic rings. The lowest BCUT2D eigenvalue weighted by Crippen LogP contribution is -2.28. The van der Waals surface area contributed by atoms with Crippen molar-refractivity contribution in [1.82, 2.24) is 5.32 Å². The molecule has 0 radical (unpaired) electrons. The van der Waals surface area contributed by atoms with Crippen molar-refractivity contribution < 1.29 is 23.7 Å². The lowest BCUT2D eigenvalue weighted by Gasteiger charge is -2.17. The van der Waals surface area contributed by atoms with Gasteiger partial charge in [0, 0.05) is 6.42 Å². The van der Waals surface area contributed by atoms with Crippen molar-refractivity contribution in [3.8, 4) is 23.0 Å². The molecule has 30 heavy (non-hydrogen) atoms. The zero-order chi connectivity index (χ0) is 21.5. The number of carbonyl (C=O) groups excluding carboxylic acids is 1. The number of hydrogen-bond donors (Lipinski definition) is 1. The van der Waals surface area contributed by atoms with E-state index in [1.807, 2.05) is 31.2 Å². The standard InChI is InChI=1S/C23H28ClNO5/c1-4-8-28-19-7-6-17(14-20(19)27-3)15(2)25-22(26)13-16-11-18(24)23-21(12-16)29-9-5-10-30-23/h6-7,11-12,14-15H,4-5,8-10,13H2,1-3H3,(H,25,26). The lowest BCUT2D eigenvalue weighted by molar-refractivity contribution is -0.121. The van der Waals surface area contributed by atoms with Crippen LogP contribution in [0.3, 0.4) is 0 Å². The summed E-state index contributed by atoms with van der Waals surface area (Å²) in [6, 6.07) is 9.07. The minimum Gasteiger partial charge on any atom is -0.493 e. The number of methoxy groups -OCH3 is 1. The first-order valence-electron chi connectivity index (χ1n) is 10.2. The summed E-state index contributed by atoms with van der Waals surface area (Å²) in [5.41, 5.74) is 1.70. The average molecular weight is 434 g/mol. The molecule has 0 spiro atoms. The Morgan fingerprint density at radius 3 is 2.77 bits per heavy atom. The molecule has 7 heteroatoms. The maximum Gasteiger partial charge on any atom is 0.224 e. The molecule has 0 saturated heterocycles. The van der Waals surface area contributed by atoms with Crippen LogP contribution in [-0.2, 0) is 11.2 Å². The Morgan fingerprint density at radius 1 is 1.20 bits per heavy atom. The van der Waals surface area contributed by atoms with E-state index in [4.69, 9.17) is 30.5 Å². The summed E-state index contributed by atoms with van der Waals surface area (Å²) in [6.45, 7) is 5.74. The molecule has 162 valence electrons. The Hall–Kier alpha value is -2.60. The van der Waals surface area contributed by atoms with Crippen molar-refractivity contribution in [3.05, 3.63) is 46.5 Å². The predicted octanol–water partition coefficient (Wildman–Crippen LogP) is 4.72. The molecule has 3 rings (SSSR count). The minimum absolute atomic E-state index is 0.113. The van der Waals surface area contributed by atoms with E-state index in [1.54, 1.807) is 13.2 Å². The Kier molecular flexibility index (Phi) is 7.69. The molecule has 1 atom stereocenters. The Balaban J connectivity index is 1.66. The summed E-state index contributed by atoms with van der Waals surface area (Å²) in [7, 11) is 1.61. The van der Waals surface area contributed by atoms with Crippen LogP contribution in [0.2, 0.25) is 5.02 Å². The predicted molar refractivity (Wildman–Crippen MR) is 116 cm³/mol. The van der Waals surface area contributed by atoms with Crippen LogP contribution < -0.4 is 24.3 Å². The fourth-order valence-corrected chi connectivity index (χ4v) is 3.52. The van der Waals surface area contributed by atoms with Crippen molar-refractivity contribution >= 4 is 17.5 Å². The summed E-state index contributed by atoms with van der Waals surface area (Å²) < 4.78 is 22.5. The van der Waals surface area contributed by atoms with Gasteiger partial charge in [-0.05, 0) is 48.7 Å². The molecule has 1 aliphatic heterocycles. The second-order valence-electron chi connectivity index (χ2n) is 7.18. The highest BCUT2D eigenvalue weighted by Crippen LogP contribution is 2.38. The fourth-order valence-electron chi connectivity index (χ4n) is 3.23. The van der Waals surface area contributed by atoms with Gasteiger partial charge in [0.1, 0.15) is 0 Å². The molecule has 1 amide bonds. The van der Waals surface area contributed by atoms with E-state index in [1.165, 1.54) is 0 Å². The third-order valence-corrected chi connectivity index (χ3v) is 5.03. The number of fused-ring (bicyclic) bond motifs is 1. The second kappa shape index (κ2) is 10.4. The van der Waals surface area contributed by atoms with Crippen LogP contribution in [0.15, 0.2) is 30.3 Å². The quantitative estimate of drug-likeness (QED) is 0.652. The molecular formula is C23H28ClNO5. The van der Waals surface area contributed by atoms with Gasteiger partial charge in [-0.1, -0.05) is 24.6 Å². The summed E-state index contributed by atoms with van der Waals surface area (Å²) in [6.07, 6.45) is 1.90. The second-order valence-corrected chi connectivity index (χ2v) is 7.59. The van der Waals surface area contributed by atoms with Crippen LogP contribution in [0.5, 0.6) is 23.0 Å². The highest BCUT2D eigenvalue weighted by Gasteiger charge is 2.18. The number of ether oxygens (including phenoxy) is 4. The SMILES string of the molecule is CCCOc1ccc(C(C)NC(=O)Cc2cc(Cl)c3c(c2)OCCCO3)cc1OC. The van der Waals surface area contributed by atoms with Gasteiger partial charge >= 0.3 is 0 Å². The number of carbonyl (C=O) groups is 1. The number of nitrogens with one attached hydrogen (secondary N) is 1. The maximum atomic E-state index is 12.6. The molecule has 1 heterocycles. The molecule has 0 bridgehead atoms. The minimum atomic E-state index is -0.192. The van der Waals surface area contributed by atoms with Gasteiger partial charge in [-0.25, -0.2) is 0 Å². The number of benzene rings is 2.